The topological polar surface area (TPSA) is 24.4 Å². The van der Waals surface area contributed by atoms with Gasteiger partial charge in [-0.15, -0.1) is 0 Å². The highest BCUT2D eigenvalue weighted by atomic mass is 15.0. The molecule has 2 heteroatoms. The third-order valence-electron chi connectivity index (χ3n) is 3.14. The van der Waals surface area contributed by atoms with E-state index in [1.807, 2.05) is 12.1 Å². The molecule has 16 heavy (non-hydrogen) atoms. The van der Waals surface area contributed by atoms with E-state index in [2.05, 4.69) is 55.7 Å². The number of nitrogens with one attached hydrogen (secondary N) is 1. The largest absolute Gasteiger partial charge is 0.340 e. The maximum absolute atomic E-state index is 4.04. The van der Waals surface area contributed by atoms with E-state index in [9.17, 15) is 0 Å². The minimum absolute atomic E-state index is 0.0832. The zero-order valence-electron chi connectivity index (χ0n) is 9.75. The third-order valence-corrected chi connectivity index (χ3v) is 3.14. The number of hydrogen-bond donors (Lipinski definition) is 1. The van der Waals surface area contributed by atoms with Gasteiger partial charge in [-0.05, 0) is 18.3 Å². The Morgan fingerprint density at radius 1 is 1.31 bits per heavy atom. The molecule has 2 nitrogen and oxygen atoms in total. The maximum atomic E-state index is 4.04. The van der Waals surface area contributed by atoms with Gasteiger partial charge in [0.05, 0.1) is 0 Å². The first kappa shape index (κ1) is 10.7. The SMILES string of the molecule is C=CC1=C(N=C)Nc2ccccc2C1(C)C. The smallest absolute Gasteiger partial charge is 0.133 e. The molecule has 2 rings (SSSR count). The number of hydrogen-bond acceptors (Lipinski definition) is 2. The molecule has 1 aliphatic heterocycles. The van der Waals surface area contributed by atoms with Crippen LogP contribution in [0.4, 0.5) is 5.69 Å². The first-order valence-corrected chi connectivity index (χ1v) is 5.31. The number of nitrogens with zero attached hydrogens (tertiary/aromatic N) is 1. The number of benzene rings is 1. The van der Waals surface area contributed by atoms with E-state index in [1.54, 1.807) is 0 Å². The van der Waals surface area contributed by atoms with E-state index in [0.29, 0.717) is 0 Å². The van der Waals surface area contributed by atoms with Crippen LogP contribution in [-0.2, 0) is 5.41 Å². The first-order valence-electron chi connectivity index (χ1n) is 5.31. The fourth-order valence-electron chi connectivity index (χ4n) is 2.25. The number of anilines is 1. The van der Waals surface area contributed by atoms with Gasteiger partial charge in [-0.2, -0.15) is 0 Å². The van der Waals surface area contributed by atoms with Crippen LogP contribution in [0.25, 0.3) is 0 Å². The lowest BCUT2D eigenvalue weighted by atomic mass is 9.75. The molecule has 82 valence electrons. The van der Waals surface area contributed by atoms with Gasteiger partial charge in [0.1, 0.15) is 5.82 Å². The Hall–Kier alpha value is -1.83. The molecule has 1 aliphatic rings. The van der Waals surface area contributed by atoms with Crippen molar-refractivity contribution in [2.75, 3.05) is 5.32 Å². The molecule has 1 N–H and O–H groups in total. The Labute approximate surface area is 96.4 Å². The molecule has 0 atom stereocenters. The Morgan fingerprint density at radius 2 is 2.00 bits per heavy atom. The molecule has 1 heterocycles. The molecule has 0 fully saturated rings. The normalized spacial score (nSPS) is 17.4. The predicted molar refractivity (Wildman–Crippen MR) is 69.9 cm³/mol. The highest BCUT2D eigenvalue weighted by Crippen LogP contribution is 2.42. The molecular formula is C14H16N2. The molecule has 0 radical (unpaired) electrons. The van der Waals surface area contributed by atoms with E-state index in [1.165, 1.54) is 5.56 Å². The Balaban J connectivity index is 2.68. The van der Waals surface area contributed by atoms with Crippen molar-refractivity contribution >= 4 is 12.4 Å². The molecule has 0 aliphatic carbocycles. The number of aliphatic imine (C=N–C) groups is 1. The third kappa shape index (κ3) is 1.38. The van der Waals surface area contributed by atoms with Crippen LogP contribution in [0.3, 0.4) is 0 Å². The standard InChI is InChI=1S/C14H16N2/c1-5-10-13(15-4)16-12-9-7-6-8-11(12)14(10,2)3/h5-9,16H,1,4H2,2-3H3. The van der Waals surface area contributed by atoms with Crippen LogP contribution in [0.2, 0.25) is 0 Å². The highest BCUT2D eigenvalue weighted by Gasteiger charge is 2.32. The molecule has 0 saturated heterocycles. The summed E-state index contributed by atoms with van der Waals surface area (Å²) >= 11 is 0. The zero-order valence-corrected chi connectivity index (χ0v) is 9.75. The van der Waals surface area contributed by atoms with Crippen LogP contribution in [0.1, 0.15) is 19.4 Å². The van der Waals surface area contributed by atoms with Gasteiger partial charge in [-0.1, -0.05) is 44.7 Å². The second-order valence-electron chi connectivity index (χ2n) is 4.42. The minimum atomic E-state index is -0.0832. The second-order valence-corrected chi connectivity index (χ2v) is 4.42. The Kier molecular flexibility index (Phi) is 2.43. The van der Waals surface area contributed by atoms with Crippen molar-refractivity contribution in [2.45, 2.75) is 19.3 Å². The Morgan fingerprint density at radius 3 is 2.62 bits per heavy atom. The van der Waals surface area contributed by atoms with E-state index in [0.717, 1.165) is 17.1 Å². The number of fused-ring (bicyclic) bond motifs is 1. The average Bonchev–Trinajstić information content (AvgIpc) is 2.28. The van der Waals surface area contributed by atoms with Crippen LogP contribution in [0.5, 0.6) is 0 Å². The quantitative estimate of drug-likeness (QED) is 0.746. The van der Waals surface area contributed by atoms with Crippen molar-refractivity contribution in [3.8, 4) is 0 Å². The zero-order chi connectivity index (χ0) is 11.8. The molecule has 1 aromatic rings. The minimum Gasteiger partial charge on any atom is -0.340 e. The number of para-hydroxylation sites is 1. The van der Waals surface area contributed by atoms with Gasteiger partial charge in [0.25, 0.3) is 0 Å². The van der Waals surface area contributed by atoms with Gasteiger partial charge in [0, 0.05) is 16.7 Å². The lowest BCUT2D eigenvalue weighted by Gasteiger charge is -2.35. The summed E-state index contributed by atoms with van der Waals surface area (Å²) in [5, 5.41) is 3.28. The summed E-state index contributed by atoms with van der Waals surface area (Å²) in [7, 11) is 0. The molecular weight excluding hydrogens is 196 g/mol. The summed E-state index contributed by atoms with van der Waals surface area (Å²) in [6.45, 7) is 11.8. The summed E-state index contributed by atoms with van der Waals surface area (Å²) in [5.41, 5.74) is 3.36. The maximum Gasteiger partial charge on any atom is 0.133 e. The fraction of sp³-hybridized carbons (Fsp3) is 0.214. The Bertz CT molecular complexity index is 481. The molecule has 0 bridgehead atoms. The first-order chi connectivity index (χ1) is 7.61. The molecule has 1 aromatic carbocycles. The van der Waals surface area contributed by atoms with E-state index in [-0.39, 0.29) is 5.41 Å². The summed E-state index contributed by atoms with van der Waals surface area (Å²) in [6, 6.07) is 8.25. The molecule has 0 unspecified atom stereocenters. The predicted octanol–water partition coefficient (Wildman–Crippen LogP) is 3.49. The van der Waals surface area contributed by atoms with Gasteiger partial charge in [-0.25, -0.2) is 4.99 Å². The van der Waals surface area contributed by atoms with Crippen LogP contribution in [0, 0.1) is 0 Å². The molecule has 0 spiro atoms. The van der Waals surface area contributed by atoms with Gasteiger partial charge >= 0.3 is 0 Å². The molecule has 0 aromatic heterocycles. The van der Waals surface area contributed by atoms with Crippen molar-refractivity contribution in [1.29, 1.82) is 0 Å². The molecule has 0 saturated carbocycles. The van der Waals surface area contributed by atoms with Gasteiger partial charge in [0.2, 0.25) is 0 Å². The van der Waals surface area contributed by atoms with E-state index in [4.69, 9.17) is 0 Å². The number of rotatable bonds is 2. The summed E-state index contributed by atoms with van der Waals surface area (Å²) in [4.78, 5) is 4.04. The highest BCUT2D eigenvalue weighted by molar-refractivity contribution is 5.66. The van der Waals surface area contributed by atoms with Crippen LogP contribution >= 0.6 is 0 Å². The van der Waals surface area contributed by atoms with Gasteiger partial charge in [-0.3, -0.25) is 0 Å². The van der Waals surface area contributed by atoms with Gasteiger partial charge < -0.3 is 5.32 Å². The van der Waals surface area contributed by atoms with Crippen molar-refractivity contribution in [3.05, 3.63) is 53.9 Å². The second kappa shape index (κ2) is 3.63. The summed E-state index contributed by atoms with van der Waals surface area (Å²) < 4.78 is 0. The van der Waals surface area contributed by atoms with Crippen molar-refractivity contribution in [2.24, 2.45) is 4.99 Å². The van der Waals surface area contributed by atoms with Gasteiger partial charge in [0.15, 0.2) is 0 Å². The van der Waals surface area contributed by atoms with Crippen molar-refractivity contribution in [1.82, 2.24) is 0 Å². The van der Waals surface area contributed by atoms with Crippen LogP contribution in [0.15, 0.2) is 53.3 Å². The van der Waals surface area contributed by atoms with E-state index >= 15 is 0 Å². The summed E-state index contributed by atoms with van der Waals surface area (Å²) in [6.07, 6.45) is 1.85. The van der Waals surface area contributed by atoms with Crippen LogP contribution < -0.4 is 5.32 Å². The van der Waals surface area contributed by atoms with E-state index < -0.39 is 0 Å². The number of allylic oxidation sites excluding steroid dienone is 2. The lowest BCUT2D eigenvalue weighted by molar-refractivity contribution is 0.625. The molecule has 0 amide bonds. The average molecular weight is 212 g/mol. The van der Waals surface area contributed by atoms with Crippen molar-refractivity contribution in [3.63, 3.8) is 0 Å². The van der Waals surface area contributed by atoms with Crippen LogP contribution in [-0.4, -0.2) is 6.72 Å². The monoisotopic (exact) mass is 212 g/mol. The lowest BCUT2D eigenvalue weighted by Crippen LogP contribution is -2.27. The summed E-state index contributed by atoms with van der Waals surface area (Å²) in [5.74, 6) is 0.804. The fourth-order valence-corrected chi connectivity index (χ4v) is 2.25. The van der Waals surface area contributed by atoms with Crippen molar-refractivity contribution < 1.29 is 0 Å².